The predicted molar refractivity (Wildman–Crippen MR) is 52.7 cm³/mol. The molecule has 1 fully saturated rings. The molecule has 0 amide bonds. The molecule has 1 atom stereocenters. The van der Waals surface area contributed by atoms with E-state index in [1.165, 1.54) is 6.07 Å². The zero-order chi connectivity index (χ0) is 10.8. The van der Waals surface area contributed by atoms with Crippen LogP contribution in [0.5, 0.6) is 5.75 Å². The Bertz CT molecular complexity index is 339. The van der Waals surface area contributed by atoms with Gasteiger partial charge in [0, 0.05) is 6.04 Å². The molecule has 1 aliphatic carbocycles. The summed E-state index contributed by atoms with van der Waals surface area (Å²) < 4.78 is 28.3. The van der Waals surface area contributed by atoms with Crippen molar-refractivity contribution in [3.8, 4) is 5.75 Å². The van der Waals surface area contributed by atoms with Gasteiger partial charge in [-0.3, -0.25) is 0 Å². The smallest absolute Gasteiger partial charge is 0.387 e. The van der Waals surface area contributed by atoms with Crippen molar-refractivity contribution in [3.05, 3.63) is 29.8 Å². The van der Waals surface area contributed by atoms with E-state index in [1.54, 1.807) is 12.1 Å². The highest BCUT2D eigenvalue weighted by Crippen LogP contribution is 2.39. The van der Waals surface area contributed by atoms with E-state index in [1.807, 2.05) is 6.07 Å². The number of alkyl halides is 2. The Kier molecular flexibility index (Phi) is 2.86. The molecular weight excluding hydrogens is 200 g/mol. The SMILES string of the molecule is N[C@H](c1cccc(OC(F)F)c1)C1CC1. The molecule has 0 bridgehead atoms. The zero-order valence-corrected chi connectivity index (χ0v) is 8.20. The summed E-state index contributed by atoms with van der Waals surface area (Å²) >= 11 is 0. The van der Waals surface area contributed by atoms with Crippen molar-refractivity contribution < 1.29 is 13.5 Å². The topological polar surface area (TPSA) is 35.2 Å². The number of nitrogens with two attached hydrogens (primary N) is 1. The van der Waals surface area contributed by atoms with E-state index in [4.69, 9.17) is 5.73 Å². The number of hydrogen-bond donors (Lipinski definition) is 1. The van der Waals surface area contributed by atoms with Crippen LogP contribution in [0.3, 0.4) is 0 Å². The normalized spacial score (nSPS) is 17.9. The Hall–Kier alpha value is -1.16. The van der Waals surface area contributed by atoms with Gasteiger partial charge in [-0.05, 0) is 36.5 Å². The molecule has 1 aromatic carbocycles. The van der Waals surface area contributed by atoms with Crippen molar-refractivity contribution >= 4 is 0 Å². The molecule has 82 valence electrons. The van der Waals surface area contributed by atoms with Gasteiger partial charge in [-0.2, -0.15) is 8.78 Å². The first-order valence-corrected chi connectivity index (χ1v) is 4.97. The maximum atomic E-state index is 12.0. The van der Waals surface area contributed by atoms with Crippen molar-refractivity contribution in [2.45, 2.75) is 25.5 Å². The average Bonchev–Trinajstić information content (AvgIpc) is 2.99. The summed E-state index contributed by atoms with van der Waals surface area (Å²) in [5, 5.41) is 0. The van der Waals surface area contributed by atoms with Crippen molar-refractivity contribution in [1.29, 1.82) is 0 Å². The zero-order valence-electron chi connectivity index (χ0n) is 8.20. The van der Waals surface area contributed by atoms with Crippen LogP contribution in [-0.4, -0.2) is 6.61 Å². The summed E-state index contributed by atoms with van der Waals surface area (Å²) in [5.41, 5.74) is 6.83. The molecule has 0 aromatic heterocycles. The van der Waals surface area contributed by atoms with Crippen molar-refractivity contribution in [3.63, 3.8) is 0 Å². The minimum atomic E-state index is -2.78. The van der Waals surface area contributed by atoms with Gasteiger partial charge in [0.1, 0.15) is 5.75 Å². The Morgan fingerprint density at radius 2 is 2.07 bits per heavy atom. The fraction of sp³-hybridized carbons (Fsp3) is 0.455. The molecule has 0 spiro atoms. The molecule has 0 radical (unpaired) electrons. The van der Waals surface area contributed by atoms with Gasteiger partial charge >= 0.3 is 6.61 Å². The molecule has 15 heavy (non-hydrogen) atoms. The molecule has 2 nitrogen and oxygen atoms in total. The molecule has 1 saturated carbocycles. The van der Waals surface area contributed by atoms with Crippen molar-refractivity contribution in [2.24, 2.45) is 11.7 Å². The molecule has 0 aliphatic heterocycles. The largest absolute Gasteiger partial charge is 0.435 e. The molecule has 0 heterocycles. The fourth-order valence-electron chi connectivity index (χ4n) is 1.63. The van der Waals surface area contributed by atoms with Gasteiger partial charge in [0.05, 0.1) is 0 Å². The molecular formula is C11H13F2NO. The van der Waals surface area contributed by atoms with Gasteiger partial charge in [-0.1, -0.05) is 12.1 Å². The lowest BCUT2D eigenvalue weighted by Gasteiger charge is -2.12. The first kappa shape index (κ1) is 10.4. The summed E-state index contributed by atoms with van der Waals surface area (Å²) in [7, 11) is 0. The van der Waals surface area contributed by atoms with Crippen LogP contribution in [0.25, 0.3) is 0 Å². The van der Waals surface area contributed by atoms with Crippen molar-refractivity contribution in [2.75, 3.05) is 0 Å². The van der Waals surface area contributed by atoms with E-state index in [0.29, 0.717) is 5.92 Å². The van der Waals surface area contributed by atoms with E-state index in [9.17, 15) is 8.78 Å². The van der Waals surface area contributed by atoms with Crippen LogP contribution in [0.15, 0.2) is 24.3 Å². The van der Waals surface area contributed by atoms with E-state index in [-0.39, 0.29) is 11.8 Å². The second-order valence-electron chi connectivity index (χ2n) is 3.81. The van der Waals surface area contributed by atoms with Crippen LogP contribution in [0, 0.1) is 5.92 Å². The monoisotopic (exact) mass is 213 g/mol. The summed E-state index contributed by atoms with van der Waals surface area (Å²) in [6, 6.07) is 6.59. The van der Waals surface area contributed by atoms with Crippen LogP contribution in [-0.2, 0) is 0 Å². The second-order valence-corrected chi connectivity index (χ2v) is 3.81. The van der Waals surface area contributed by atoms with Gasteiger partial charge in [-0.25, -0.2) is 0 Å². The highest BCUT2D eigenvalue weighted by Gasteiger charge is 2.29. The van der Waals surface area contributed by atoms with Crippen LogP contribution >= 0.6 is 0 Å². The Labute approximate surface area is 87.0 Å². The number of hydrogen-bond acceptors (Lipinski definition) is 2. The minimum Gasteiger partial charge on any atom is -0.435 e. The molecule has 0 saturated heterocycles. The highest BCUT2D eigenvalue weighted by molar-refractivity contribution is 5.31. The van der Waals surface area contributed by atoms with E-state index >= 15 is 0 Å². The lowest BCUT2D eigenvalue weighted by molar-refractivity contribution is -0.0499. The highest BCUT2D eigenvalue weighted by atomic mass is 19.3. The Morgan fingerprint density at radius 3 is 2.67 bits per heavy atom. The number of rotatable bonds is 4. The molecule has 1 aliphatic rings. The molecule has 4 heteroatoms. The third kappa shape index (κ3) is 2.65. The molecule has 0 unspecified atom stereocenters. The second kappa shape index (κ2) is 4.14. The Balaban J connectivity index is 2.10. The van der Waals surface area contributed by atoms with E-state index < -0.39 is 6.61 Å². The van der Waals surface area contributed by atoms with Crippen molar-refractivity contribution in [1.82, 2.24) is 0 Å². The molecule has 1 aromatic rings. The number of halogens is 2. The average molecular weight is 213 g/mol. The lowest BCUT2D eigenvalue weighted by Crippen LogP contribution is -2.12. The third-order valence-corrected chi connectivity index (χ3v) is 2.60. The van der Waals surface area contributed by atoms with Crippen LogP contribution in [0.1, 0.15) is 24.4 Å². The van der Waals surface area contributed by atoms with Crippen LogP contribution < -0.4 is 10.5 Å². The summed E-state index contributed by atoms with van der Waals surface area (Å²) in [5.74, 6) is 0.686. The van der Waals surface area contributed by atoms with E-state index in [2.05, 4.69) is 4.74 Å². The van der Waals surface area contributed by atoms with Gasteiger partial charge in [0.25, 0.3) is 0 Å². The number of benzene rings is 1. The minimum absolute atomic E-state index is 0.0498. The van der Waals surface area contributed by atoms with Crippen LogP contribution in [0.2, 0.25) is 0 Å². The predicted octanol–water partition coefficient (Wildman–Crippen LogP) is 2.70. The fourth-order valence-corrected chi connectivity index (χ4v) is 1.63. The summed E-state index contributed by atoms with van der Waals surface area (Å²) in [6.07, 6.45) is 2.25. The molecule has 2 N–H and O–H groups in total. The Morgan fingerprint density at radius 1 is 1.33 bits per heavy atom. The van der Waals surface area contributed by atoms with Gasteiger partial charge in [-0.15, -0.1) is 0 Å². The maximum Gasteiger partial charge on any atom is 0.387 e. The molecule has 2 rings (SSSR count). The lowest BCUT2D eigenvalue weighted by atomic mass is 10.0. The van der Waals surface area contributed by atoms with Gasteiger partial charge < -0.3 is 10.5 Å². The number of ether oxygens (including phenoxy) is 1. The van der Waals surface area contributed by atoms with Gasteiger partial charge in [0.15, 0.2) is 0 Å². The summed E-state index contributed by atoms with van der Waals surface area (Å²) in [6.45, 7) is -2.78. The first-order chi connectivity index (χ1) is 7.16. The maximum absolute atomic E-state index is 12.0. The quantitative estimate of drug-likeness (QED) is 0.834. The summed E-state index contributed by atoms with van der Waals surface area (Å²) in [4.78, 5) is 0. The third-order valence-electron chi connectivity index (χ3n) is 2.60. The van der Waals surface area contributed by atoms with E-state index in [0.717, 1.165) is 18.4 Å². The standard InChI is InChI=1S/C11H13F2NO/c12-11(13)15-9-3-1-2-8(6-9)10(14)7-4-5-7/h1-3,6-7,10-11H,4-5,14H2/t10-/m0/s1. The van der Waals surface area contributed by atoms with Crippen LogP contribution in [0.4, 0.5) is 8.78 Å². The van der Waals surface area contributed by atoms with Gasteiger partial charge in [0.2, 0.25) is 0 Å². The first-order valence-electron chi connectivity index (χ1n) is 4.97.